The van der Waals surface area contributed by atoms with Gasteiger partial charge in [-0.05, 0) is 62.8 Å². The van der Waals surface area contributed by atoms with E-state index in [4.69, 9.17) is 28.9 Å². The van der Waals surface area contributed by atoms with E-state index < -0.39 is 16.8 Å². The molecule has 0 saturated carbocycles. The smallest absolute Gasteiger partial charge is 0.410 e. The third-order valence-electron chi connectivity index (χ3n) is 8.12. The van der Waals surface area contributed by atoms with Gasteiger partial charge >= 0.3 is 11.2 Å². The molecule has 12 heteroatoms. The third-order valence-corrected chi connectivity index (χ3v) is 9.48. The van der Waals surface area contributed by atoms with E-state index in [-0.39, 0.29) is 31.1 Å². The van der Waals surface area contributed by atoms with Gasteiger partial charge in [-0.25, -0.2) is 4.79 Å². The number of methoxy groups -OCH3 is 1. The summed E-state index contributed by atoms with van der Waals surface area (Å²) in [6.45, 7) is 7.35. The van der Waals surface area contributed by atoms with Crippen LogP contribution in [0, 0.1) is 0 Å². The van der Waals surface area contributed by atoms with Crippen molar-refractivity contribution >= 4 is 49.8 Å². The normalized spacial score (nSPS) is 22.4. The summed E-state index contributed by atoms with van der Waals surface area (Å²) in [7, 11) is 1.59. The largest absolute Gasteiger partial charge is 0.609 e. The topological polar surface area (TPSA) is 109 Å². The zero-order chi connectivity index (χ0) is 30.5. The fraction of sp³-hybridized carbons (Fsp3) is 0.516. The molecule has 0 radical (unpaired) electrons. The molecule has 1 aromatic heterocycles. The van der Waals surface area contributed by atoms with E-state index in [1.165, 1.54) is 0 Å². The van der Waals surface area contributed by atoms with E-state index in [0.717, 1.165) is 50.7 Å². The number of fused-ring (bicyclic) bond motifs is 4. The Balaban J connectivity index is 1.33. The van der Waals surface area contributed by atoms with Crippen molar-refractivity contribution in [3.63, 3.8) is 0 Å². The van der Waals surface area contributed by atoms with Gasteiger partial charge in [0.2, 0.25) is 0 Å². The second-order valence-corrected chi connectivity index (χ2v) is 14.4. The molecule has 3 aliphatic rings. The van der Waals surface area contributed by atoms with Crippen LogP contribution in [0.3, 0.4) is 0 Å². The number of ether oxygens (including phenoxy) is 4. The van der Waals surface area contributed by atoms with Crippen LogP contribution in [0.25, 0.3) is 10.8 Å². The van der Waals surface area contributed by atoms with Crippen molar-refractivity contribution in [1.29, 1.82) is 0 Å². The lowest BCUT2D eigenvalue weighted by Crippen LogP contribution is -2.57. The number of amides is 1. The molecule has 0 N–H and O–H groups in total. The fourth-order valence-electron chi connectivity index (χ4n) is 6.36. The van der Waals surface area contributed by atoms with E-state index in [0.29, 0.717) is 37.0 Å². The van der Waals surface area contributed by atoms with Crippen LogP contribution >= 0.6 is 15.9 Å². The Labute approximate surface area is 263 Å². The molecule has 4 atom stereocenters. The van der Waals surface area contributed by atoms with Gasteiger partial charge in [0.1, 0.15) is 23.4 Å². The molecule has 2 aromatic carbocycles. The molecular formula is C31H37BrN4O6S. The Morgan fingerprint density at radius 1 is 1.19 bits per heavy atom. The summed E-state index contributed by atoms with van der Waals surface area (Å²) < 4.78 is 36.9. The van der Waals surface area contributed by atoms with Crippen molar-refractivity contribution in [2.45, 2.75) is 75.6 Å². The Hall–Kier alpha value is -2.64. The number of nitrogens with zero attached hydrogens (tertiary/aromatic N) is 4. The lowest BCUT2D eigenvalue weighted by molar-refractivity contribution is 0.0119. The summed E-state index contributed by atoms with van der Waals surface area (Å²) in [5.74, 6) is 1.44. The lowest BCUT2D eigenvalue weighted by atomic mass is 9.94. The Morgan fingerprint density at radius 2 is 1.93 bits per heavy atom. The number of rotatable bonds is 6. The summed E-state index contributed by atoms with van der Waals surface area (Å²) in [5.41, 5.74) is 2.16. The number of carbonyl (C=O) groups is 1. The molecule has 6 rings (SSSR count). The molecule has 3 aliphatic heterocycles. The van der Waals surface area contributed by atoms with Crippen LogP contribution in [0.5, 0.6) is 5.75 Å². The third kappa shape index (κ3) is 6.17. The maximum absolute atomic E-state index is 13.0. The van der Waals surface area contributed by atoms with E-state index in [1.807, 2.05) is 56.0 Å². The molecular weight excluding hydrogens is 636 g/mol. The number of piperazine rings is 1. The van der Waals surface area contributed by atoms with E-state index >= 15 is 0 Å². The highest BCUT2D eigenvalue weighted by Gasteiger charge is 2.45. The first kappa shape index (κ1) is 30.4. The van der Waals surface area contributed by atoms with Gasteiger partial charge in [-0.2, -0.15) is 9.97 Å². The van der Waals surface area contributed by atoms with Crippen molar-refractivity contribution in [3.05, 3.63) is 51.6 Å². The minimum atomic E-state index is -1.37. The van der Waals surface area contributed by atoms with E-state index in [2.05, 4.69) is 20.8 Å². The first-order valence-electron chi connectivity index (χ1n) is 14.5. The number of anilines is 1. The second-order valence-electron chi connectivity index (χ2n) is 12.3. The number of benzene rings is 2. The van der Waals surface area contributed by atoms with Gasteiger partial charge in [0.05, 0.1) is 30.5 Å². The SMILES string of the molecule is COCOc1cc(C2Cc3nc([S+](C)[O-])nc(N4CC5CCC(C4)N5C(=O)OC(C)(C)C)c3CO2)c2c(Br)cccc2c1. The van der Waals surface area contributed by atoms with Crippen LogP contribution < -0.4 is 9.64 Å². The zero-order valence-electron chi connectivity index (χ0n) is 25.1. The van der Waals surface area contributed by atoms with Crippen molar-refractivity contribution < 1.29 is 28.3 Å². The Kier molecular flexibility index (Phi) is 8.51. The monoisotopic (exact) mass is 672 g/mol. The van der Waals surface area contributed by atoms with Crippen LogP contribution in [-0.2, 0) is 38.4 Å². The molecule has 230 valence electrons. The van der Waals surface area contributed by atoms with Gasteiger partial charge in [-0.1, -0.05) is 28.1 Å². The second kappa shape index (κ2) is 12.0. The van der Waals surface area contributed by atoms with Gasteiger partial charge in [0.25, 0.3) is 0 Å². The maximum Gasteiger partial charge on any atom is 0.410 e. The average Bonchev–Trinajstić information content (AvgIpc) is 3.23. The summed E-state index contributed by atoms with van der Waals surface area (Å²) in [4.78, 5) is 26.8. The van der Waals surface area contributed by atoms with Crippen LogP contribution in [0.2, 0.25) is 0 Å². The van der Waals surface area contributed by atoms with Crippen LogP contribution in [0.4, 0.5) is 10.6 Å². The van der Waals surface area contributed by atoms with Crippen molar-refractivity contribution in [2.24, 2.45) is 0 Å². The Bertz CT molecular complexity index is 1520. The Morgan fingerprint density at radius 3 is 2.60 bits per heavy atom. The molecule has 2 saturated heterocycles. The number of hydrogen-bond acceptors (Lipinski definition) is 9. The minimum absolute atomic E-state index is 0.0191. The number of halogens is 1. The van der Waals surface area contributed by atoms with Gasteiger partial charge in [0, 0.05) is 53.2 Å². The molecule has 4 unspecified atom stereocenters. The van der Waals surface area contributed by atoms with Gasteiger partial charge in [0.15, 0.2) is 6.79 Å². The zero-order valence-corrected chi connectivity index (χ0v) is 27.5. The van der Waals surface area contributed by atoms with Gasteiger partial charge in [-0.15, -0.1) is 0 Å². The van der Waals surface area contributed by atoms with Crippen molar-refractivity contribution in [2.75, 3.05) is 38.1 Å². The molecule has 3 aromatic rings. The molecule has 43 heavy (non-hydrogen) atoms. The molecule has 4 heterocycles. The van der Waals surface area contributed by atoms with E-state index in [1.54, 1.807) is 13.4 Å². The molecule has 1 amide bonds. The number of carbonyl (C=O) groups excluding carboxylic acids is 1. The molecule has 2 fully saturated rings. The lowest BCUT2D eigenvalue weighted by Gasteiger charge is -2.42. The molecule has 0 aliphatic carbocycles. The highest BCUT2D eigenvalue weighted by Crippen LogP contribution is 2.42. The fourth-order valence-corrected chi connectivity index (χ4v) is 7.42. The van der Waals surface area contributed by atoms with Crippen molar-refractivity contribution in [3.8, 4) is 5.75 Å². The van der Waals surface area contributed by atoms with Gasteiger partial charge < -0.3 is 28.4 Å². The molecule has 10 nitrogen and oxygen atoms in total. The molecule has 0 spiro atoms. The predicted molar refractivity (Wildman–Crippen MR) is 167 cm³/mol. The minimum Gasteiger partial charge on any atom is -0.609 e. The van der Waals surface area contributed by atoms with Crippen LogP contribution in [-0.4, -0.2) is 76.4 Å². The van der Waals surface area contributed by atoms with Crippen LogP contribution in [0.15, 0.2) is 40.0 Å². The summed E-state index contributed by atoms with van der Waals surface area (Å²) in [6, 6.07) is 10.1. The number of hydrogen-bond donors (Lipinski definition) is 0. The summed E-state index contributed by atoms with van der Waals surface area (Å²) in [6.07, 6.45) is 3.34. The van der Waals surface area contributed by atoms with Crippen molar-refractivity contribution in [1.82, 2.24) is 14.9 Å². The van der Waals surface area contributed by atoms with Crippen LogP contribution in [0.1, 0.15) is 56.5 Å². The summed E-state index contributed by atoms with van der Waals surface area (Å²) >= 11 is 2.36. The standard InChI is InChI=1S/C31H37BrN4O6S/c1-31(2,3)42-30(37)36-19-9-10-20(36)15-35(14-19)28-23-16-40-26(13-25(23)33-29(34-28)43(5)38)22-12-21(41-17-39-4)11-18-7-6-8-24(32)27(18)22/h6-8,11-12,19-20,26H,9-10,13-17H2,1-5H3. The first-order chi connectivity index (χ1) is 20.5. The van der Waals surface area contributed by atoms with E-state index in [9.17, 15) is 9.35 Å². The first-order valence-corrected chi connectivity index (χ1v) is 16.8. The number of aromatic nitrogens is 2. The van der Waals surface area contributed by atoms with Gasteiger partial charge in [-0.3, -0.25) is 4.90 Å². The highest BCUT2D eigenvalue weighted by atomic mass is 79.9. The highest BCUT2D eigenvalue weighted by molar-refractivity contribution is 9.10. The maximum atomic E-state index is 13.0. The predicted octanol–water partition coefficient (Wildman–Crippen LogP) is 5.51. The molecule has 2 bridgehead atoms. The average molecular weight is 674 g/mol. The summed E-state index contributed by atoms with van der Waals surface area (Å²) in [5, 5.41) is 2.37. The quantitative estimate of drug-likeness (QED) is 0.190.